The molecule has 0 aromatic heterocycles. The van der Waals surface area contributed by atoms with Crippen LogP contribution in [0.25, 0.3) is 0 Å². The van der Waals surface area contributed by atoms with E-state index in [2.05, 4.69) is 11.8 Å². The predicted octanol–water partition coefficient (Wildman–Crippen LogP) is 1.19. The van der Waals surface area contributed by atoms with Crippen molar-refractivity contribution in [1.82, 2.24) is 4.90 Å². The number of carboxylic acid groups (broad SMARTS) is 1. The highest BCUT2D eigenvalue weighted by molar-refractivity contribution is 5.74. The van der Waals surface area contributed by atoms with Gasteiger partial charge >= 0.3 is 5.97 Å². The van der Waals surface area contributed by atoms with Gasteiger partial charge < -0.3 is 10.0 Å². The van der Waals surface area contributed by atoms with Gasteiger partial charge in [-0.1, -0.05) is 6.92 Å². The van der Waals surface area contributed by atoms with E-state index in [1.54, 1.807) is 0 Å². The molecule has 1 atom stereocenters. The molecule has 2 rings (SSSR count). The molecule has 1 heterocycles. The Bertz CT molecular complexity index is 219. The number of piperidine rings is 1. The molecule has 1 N–H and O–H groups in total. The lowest BCUT2D eigenvalue weighted by molar-refractivity contribution is -0.139. The molecule has 2 fully saturated rings. The zero-order valence-corrected chi connectivity index (χ0v) is 8.12. The van der Waals surface area contributed by atoms with Crippen LogP contribution < -0.4 is 0 Å². The summed E-state index contributed by atoms with van der Waals surface area (Å²) in [5.41, 5.74) is 0.206. The first-order valence-electron chi connectivity index (χ1n) is 5.13. The molecule has 1 saturated carbocycles. The van der Waals surface area contributed by atoms with Gasteiger partial charge in [-0.15, -0.1) is 0 Å². The molecular formula is C10H17NO2. The summed E-state index contributed by atoms with van der Waals surface area (Å²) in [4.78, 5) is 13.2. The number of hydrogen-bond donors (Lipinski definition) is 1. The first kappa shape index (κ1) is 9.00. The van der Waals surface area contributed by atoms with Crippen LogP contribution in [0.15, 0.2) is 0 Å². The van der Waals surface area contributed by atoms with E-state index in [1.807, 2.05) is 0 Å². The molecule has 13 heavy (non-hydrogen) atoms. The van der Waals surface area contributed by atoms with Gasteiger partial charge in [-0.3, -0.25) is 4.79 Å². The second-order valence-electron chi connectivity index (χ2n) is 4.39. The normalized spacial score (nSPS) is 31.9. The maximum Gasteiger partial charge on any atom is 0.307 e. The lowest BCUT2D eigenvalue weighted by atomic mass is 9.91. The molecule has 0 amide bonds. The van der Waals surface area contributed by atoms with Gasteiger partial charge in [0.05, 0.1) is 5.92 Å². The summed E-state index contributed by atoms with van der Waals surface area (Å²) in [6.07, 6.45) is 3.12. The average Bonchev–Trinajstić information content (AvgIpc) is 2.82. The van der Waals surface area contributed by atoms with Crippen molar-refractivity contribution in [2.75, 3.05) is 19.6 Å². The smallest absolute Gasteiger partial charge is 0.307 e. The highest BCUT2D eigenvalue weighted by Crippen LogP contribution is 2.59. The minimum atomic E-state index is -0.579. The van der Waals surface area contributed by atoms with Crippen LogP contribution in [0.5, 0.6) is 0 Å². The van der Waals surface area contributed by atoms with Crippen LogP contribution in [0.4, 0.5) is 0 Å². The molecule has 1 spiro atoms. The zero-order valence-electron chi connectivity index (χ0n) is 8.12. The molecule has 1 aliphatic heterocycles. The van der Waals surface area contributed by atoms with Crippen LogP contribution >= 0.6 is 0 Å². The number of hydrogen-bond acceptors (Lipinski definition) is 2. The van der Waals surface area contributed by atoms with E-state index >= 15 is 0 Å². The number of likely N-dealkylation sites (tertiary alicyclic amines) is 1. The van der Waals surface area contributed by atoms with Crippen molar-refractivity contribution < 1.29 is 9.90 Å². The van der Waals surface area contributed by atoms with E-state index in [1.165, 1.54) is 0 Å². The van der Waals surface area contributed by atoms with E-state index in [0.717, 1.165) is 38.9 Å². The Kier molecular flexibility index (Phi) is 2.06. The Morgan fingerprint density at radius 1 is 1.54 bits per heavy atom. The summed E-state index contributed by atoms with van der Waals surface area (Å²) >= 11 is 0. The zero-order chi connectivity index (χ0) is 9.47. The first-order chi connectivity index (χ1) is 6.18. The van der Waals surface area contributed by atoms with Gasteiger partial charge in [-0.05, 0) is 44.3 Å². The Balaban J connectivity index is 1.89. The minimum absolute atomic E-state index is 0.0218. The van der Waals surface area contributed by atoms with Crippen molar-refractivity contribution in [3.05, 3.63) is 0 Å². The van der Waals surface area contributed by atoms with Crippen molar-refractivity contribution in [1.29, 1.82) is 0 Å². The lowest BCUT2D eigenvalue weighted by Gasteiger charge is -2.31. The van der Waals surface area contributed by atoms with Gasteiger partial charge in [0.15, 0.2) is 0 Å². The summed E-state index contributed by atoms with van der Waals surface area (Å²) in [7, 11) is 0. The number of nitrogens with zero attached hydrogens (tertiary/aromatic N) is 1. The molecule has 3 nitrogen and oxygen atoms in total. The molecule has 0 unspecified atom stereocenters. The molecule has 0 aromatic carbocycles. The van der Waals surface area contributed by atoms with Crippen LogP contribution in [0.3, 0.4) is 0 Å². The largest absolute Gasteiger partial charge is 0.481 e. The van der Waals surface area contributed by atoms with Gasteiger partial charge in [0.25, 0.3) is 0 Å². The second-order valence-corrected chi connectivity index (χ2v) is 4.39. The molecule has 1 aliphatic carbocycles. The van der Waals surface area contributed by atoms with Crippen LogP contribution in [0.2, 0.25) is 0 Å². The highest BCUT2D eigenvalue weighted by Gasteiger charge is 2.58. The fourth-order valence-electron chi connectivity index (χ4n) is 2.56. The summed E-state index contributed by atoms with van der Waals surface area (Å²) in [5.74, 6) is -0.601. The standard InChI is InChI=1S/C10H17NO2/c1-2-11-5-3-10(4-6-11)7-8(10)9(12)13/h8H,2-7H2,1H3,(H,12,13)/t8-/m1/s1. The second kappa shape index (κ2) is 2.98. The number of aliphatic carboxylic acids is 1. The molecule has 2 aliphatic rings. The average molecular weight is 183 g/mol. The van der Waals surface area contributed by atoms with E-state index < -0.39 is 5.97 Å². The quantitative estimate of drug-likeness (QED) is 0.699. The number of carboxylic acids is 1. The molecule has 0 aromatic rings. The molecular weight excluding hydrogens is 166 g/mol. The Labute approximate surface area is 78.7 Å². The van der Waals surface area contributed by atoms with Crippen molar-refractivity contribution >= 4 is 5.97 Å². The molecule has 1 saturated heterocycles. The van der Waals surface area contributed by atoms with E-state index in [4.69, 9.17) is 5.11 Å². The van der Waals surface area contributed by atoms with Gasteiger partial charge in [-0.2, -0.15) is 0 Å². The number of rotatable bonds is 2. The third-order valence-corrected chi connectivity index (χ3v) is 3.79. The van der Waals surface area contributed by atoms with Crippen LogP contribution in [-0.4, -0.2) is 35.6 Å². The van der Waals surface area contributed by atoms with Crippen molar-refractivity contribution in [3.63, 3.8) is 0 Å². The summed E-state index contributed by atoms with van der Waals surface area (Å²) < 4.78 is 0. The Morgan fingerprint density at radius 2 is 2.15 bits per heavy atom. The summed E-state index contributed by atoms with van der Waals surface area (Å²) in [6.45, 7) is 5.47. The molecule has 0 bridgehead atoms. The third-order valence-electron chi connectivity index (χ3n) is 3.79. The predicted molar refractivity (Wildman–Crippen MR) is 49.5 cm³/mol. The van der Waals surface area contributed by atoms with Gasteiger partial charge in [-0.25, -0.2) is 0 Å². The fraction of sp³-hybridized carbons (Fsp3) is 0.900. The molecule has 0 radical (unpaired) electrons. The van der Waals surface area contributed by atoms with Crippen LogP contribution in [0, 0.1) is 11.3 Å². The molecule has 74 valence electrons. The Hall–Kier alpha value is -0.570. The lowest BCUT2D eigenvalue weighted by Crippen LogP contribution is -2.35. The van der Waals surface area contributed by atoms with Gasteiger partial charge in [0, 0.05) is 0 Å². The monoisotopic (exact) mass is 183 g/mol. The van der Waals surface area contributed by atoms with Gasteiger partial charge in [0.2, 0.25) is 0 Å². The van der Waals surface area contributed by atoms with Crippen molar-refractivity contribution in [2.45, 2.75) is 26.2 Å². The molecule has 3 heteroatoms. The number of carbonyl (C=O) groups is 1. The van der Waals surface area contributed by atoms with Crippen LogP contribution in [0.1, 0.15) is 26.2 Å². The summed E-state index contributed by atoms with van der Waals surface area (Å²) in [6, 6.07) is 0. The van der Waals surface area contributed by atoms with E-state index in [9.17, 15) is 4.79 Å². The van der Waals surface area contributed by atoms with Gasteiger partial charge in [0.1, 0.15) is 0 Å². The fourth-order valence-corrected chi connectivity index (χ4v) is 2.56. The van der Waals surface area contributed by atoms with Crippen molar-refractivity contribution in [3.8, 4) is 0 Å². The maximum atomic E-state index is 10.8. The summed E-state index contributed by atoms with van der Waals surface area (Å²) in [5, 5.41) is 8.88. The highest BCUT2D eigenvalue weighted by atomic mass is 16.4. The Morgan fingerprint density at radius 3 is 2.54 bits per heavy atom. The van der Waals surface area contributed by atoms with E-state index in [-0.39, 0.29) is 11.3 Å². The van der Waals surface area contributed by atoms with Crippen molar-refractivity contribution in [2.24, 2.45) is 11.3 Å². The SMILES string of the molecule is CCN1CCC2(CC1)C[C@@H]2C(=O)O. The minimum Gasteiger partial charge on any atom is -0.481 e. The first-order valence-corrected chi connectivity index (χ1v) is 5.13. The maximum absolute atomic E-state index is 10.8. The third kappa shape index (κ3) is 1.46. The van der Waals surface area contributed by atoms with Crippen LogP contribution in [-0.2, 0) is 4.79 Å². The van der Waals surface area contributed by atoms with E-state index in [0.29, 0.717) is 0 Å². The topological polar surface area (TPSA) is 40.5 Å².